The van der Waals surface area contributed by atoms with Crippen molar-refractivity contribution in [3.05, 3.63) is 16.1 Å². The SMILES string of the molecule is Cc1nc(CC2CCCCCC2CNC(C)(C)C)cs1. The minimum Gasteiger partial charge on any atom is -0.312 e. The van der Waals surface area contributed by atoms with Gasteiger partial charge in [0.25, 0.3) is 0 Å². The summed E-state index contributed by atoms with van der Waals surface area (Å²) >= 11 is 1.79. The van der Waals surface area contributed by atoms with Gasteiger partial charge in [0.2, 0.25) is 0 Å². The van der Waals surface area contributed by atoms with Crippen LogP contribution in [0.25, 0.3) is 0 Å². The molecule has 1 saturated carbocycles. The van der Waals surface area contributed by atoms with Gasteiger partial charge in [-0.2, -0.15) is 0 Å². The summed E-state index contributed by atoms with van der Waals surface area (Å²) in [6.07, 6.45) is 8.17. The third-order valence-electron chi connectivity index (χ3n) is 4.35. The lowest BCUT2D eigenvalue weighted by molar-refractivity contribution is 0.268. The van der Waals surface area contributed by atoms with Crippen LogP contribution in [0.4, 0.5) is 0 Å². The molecule has 1 fully saturated rings. The van der Waals surface area contributed by atoms with Gasteiger partial charge in [-0.1, -0.05) is 19.3 Å². The van der Waals surface area contributed by atoms with Gasteiger partial charge in [0, 0.05) is 10.9 Å². The number of thiazole rings is 1. The molecule has 0 aromatic carbocycles. The molecule has 0 radical (unpaired) electrons. The molecule has 2 nitrogen and oxygen atoms in total. The first-order chi connectivity index (χ1) is 9.44. The summed E-state index contributed by atoms with van der Waals surface area (Å²) < 4.78 is 0. The normalized spacial score (nSPS) is 24.6. The van der Waals surface area contributed by atoms with E-state index in [0.717, 1.165) is 18.4 Å². The van der Waals surface area contributed by atoms with Crippen LogP contribution in [0.2, 0.25) is 0 Å². The topological polar surface area (TPSA) is 24.9 Å². The monoisotopic (exact) mass is 294 g/mol. The molecular weight excluding hydrogens is 264 g/mol. The van der Waals surface area contributed by atoms with E-state index in [0.29, 0.717) is 0 Å². The second-order valence-electron chi connectivity index (χ2n) is 7.35. The summed E-state index contributed by atoms with van der Waals surface area (Å²) in [5, 5.41) is 7.19. The Balaban J connectivity index is 1.97. The highest BCUT2D eigenvalue weighted by atomic mass is 32.1. The summed E-state index contributed by atoms with van der Waals surface area (Å²) in [4.78, 5) is 4.68. The standard InChI is InChI=1S/C17H30N2S/c1-13-19-16(12-20-13)10-14-8-6-5-7-9-15(14)11-18-17(2,3)4/h12,14-15,18H,5-11H2,1-4H3. The van der Waals surface area contributed by atoms with Crippen LogP contribution >= 0.6 is 11.3 Å². The van der Waals surface area contributed by atoms with E-state index in [1.807, 2.05) is 0 Å². The molecule has 0 spiro atoms. The van der Waals surface area contributed by atoms with Crippen molar-refractivity contribution in [3.63, 3.8) is 0 Å². The molecule has 0 amide bonds. The van der Waals surface area contributed by atoms with Gasteiger partial charge in [-0.25, -0.2) is 4.98 Å². The van der Waals surface area contributed by atoms with E-state index in [9.17, 15) is 0 Å². The summed E-state index contributed by atoms with van der Waals surface area (Å²) in [7, 11) is 0. The fraction of sp³-hybridized carbons (Fsp3) is 0.824. The van der Waals surface area contributed by atoms with Crippen LogP contribution in [-0.4, -0.2) is 17.1 Å². The zero-order chi connectivity index (χ0) is 14.6. The number of rotatable bonds is 4. The summed E-state index contributed by atoms with van der Waals surface area (Å²) in [5.74, 6) is 1.63. The van der Waals surface area contributed by atoms with Crippen LogP contribution in [0.1, 0.15) is 63.6 Å². The van der Waals surface area contributed by atoms with E-state index in [-0.39, 0.29) is 5.54 Å². The first kappa shape index (κ1) is 16.0. The fourth-order valence-corrected chi connectivity index (χ4v) is 3.83. The molecule has 0 saturated heterocycles. The van der Waals surface area contributed by atoms with Gasteiger partial charge in [0.15, 0.2) is 0 Å². The van der Waals surface area contributed by atoms with E-state index in [1.165, 1.54) is 49.2 Å². The van der Waals surface area contributed by atoms with E-state index < -0.39 is 0 Å². The van der Waals surface area contributed by atoms with E-state index >= 15 is 0 Å². The Labute approximate surface area is 128 Å². The molecule has 2 atom stereocenters. The van der Waals surface area contributed by atoms with Crippen molar-refractivity contribution in [2.75, 3.05) is 6.54 Å². The highest BCUT2D eigenvalue weighted by Crippen LogP contribution is 2.31. The van der Waals surface area contributed by atoms with Crippen molar-refractivity contribution in [1.82, 2.24) is 10.3 Å². The average molecular weight is 295 g/mol. The lowest BCUT2D eigenvalue weighted by Gasteiger charge is -2.29. The van der Waals surface area contributed by atoms with Gasteiger partial charge in [0.1, 0.15) is 0 Å². The van der Waals surface area contributed by atoms with Gasteiger partial charge < -0.3 is 5.32 Å². The van der Waals surface area contributed by atoms with Crippen LogP contribution in [-0.2, 0) is 6.42 Å². The first-order valence-corrected chi connectivity index (χ1v) is 8.98. The number of hydrogen-bond acceptors (Lipinski definition) is 3. The molecule has 3 heteroatoms. The number of hydrogen-bond donors (Lipinski definition) is 1. The maximum Gasteiger partial charge on any atom is 0.0897 e. The molecule has 1 N–H and O–H groups in total. The molecule has 1 aliphatic rings. The Morgan fingerprint density at radius 2 is 1.90 bits per heavy atom. The second kappa shape index (κ2) is 7.04. The molecule has 114 valence electrons. The third-order valence-corrected chi connectivity index (χ3v) is 5.17. The minimum absolute atomic E-state index is 0.230. The number of aryl methyl sites for hydroxylation is 1. The van der Waals surface area contributed by atoms with Crippen molar-refractivity contribution in [2.45, 2.75) is 71.8 Å². The second-order valence-corrected chi connectivity index (χ2v) is 8.41. The quantitative estimate of drug-likeness (QED) is 0.822. The molecular formula is C17H30N2S. The smallest absolute Gasteiger partial charge is 0.0897 e. The van der Waals surface area contributed by atoms with Gasteiger partial charge in [-0.3, -0.25) is 0 Å². The molecule has 2 rings (SSSR count). The zero-order valence-electron chi connectivity index (χ0n) is 13.5. The van der Waals surface area contributed by atoms with E-state index in [4.69, 9.17) is 0 Å². The Morgan fingerprint density at radius 3 is 2.50 bits per heavy atom. The summed E-state index contributed by atoms with van der Waals surface area (Å²) in [5.41, 5.74) is 1.55. The van der Waals surface area contributed by atoms with Crippen molar-refractivity contribution in [2.24, 2.45) is 11.8 Å². The minimum atomic E-state index is 0.230. The van der Waals surface area contributed by atoms with E-state index in [1.54, 1.807) is 11.3 Å². The highest BCUT2D eigenvalue weighted by Gasteiger charge is 2.25. The number of nitrogens with zero attached hydrogens (tertiary/aromatic N) is 1. The maximum atomic E-state index is 4.68. The van der Waals surface area contributed by atoms with Crippen LogP contribution in [0.5, 0.6) is 0 Å². The molecule has 1 heterocycles. The van der Waals surface area contributed by atoms with Crippen molar-refractivity contribution in [3.8, 4) is 0 Å². The predicted octanol–water partition coefficient (Wildman–Crippen LogP) is 4.58. The molecule has 1 aromatic rings. The molecule has 1 aromatic heterocycles. The molecule has 1 aliphatic carbocycles. The lowest BCUT2D eigenvalue weighted by atomic mass is 9.84. The molecule has 20 heavy (non-hydrogen) atoms. The van der Waals surface area contributed by atoms with Crippen molar-refractivity contribution >= 4 is 11.3 Å². The van der Waals surface area contributed by atoms with Crippen molar-refractivity contribution in [1.29, 1.82) is 0 Å². The highest BCUT2D eigenvalue weighted by molar-refractivity contribution is 7.09. The Kier molecular flexibility index (Phi) is 5.62. The third kappa shape index (κ3) is 5.17. The number of nitrogens with one attached hydrogen (secondary N) is 1. The zero-order valence-corrected chi connectivity index (χ0v) is 14.4. The van der Waals surface area contributed by atoms with Crippen LogP contribution in [0.3, 0.4) is 0 Å². The van der Waals surface area contributed by atoms with Crippen molar-refractivity contribution < 1.29 is 0 Å². The van der Waals surface area contributed by atoms with Crippen LogP contribution in [0.15, 0.2) is 5.38 Å². The largest absolute Gasteiger partial charge is 0.312 e. The van der Waals surface area contributed by atoms with Gasteiger partial charge in [-0.05, 0) is 65.3 Å². The van der Waals surface area contributed by atoms with Crippen LogP contribution in [0, 0.1) is 18.8 Å². The predicted molar refractivity (Wildman–Crippen MR) is 88.4 cm³/mol. The van der Waals surface area contributed by atoms with Gasteiger partial charge in [-0.15, -0.1) is 11.3 Å². The van der Waals surface area contributed by atoms with Crippen LogP contribution < -0.4 is 5.32 Å². The average Bonchev–Trinajstić information content (AvgIpc) is 2.63. The molecule has 0 bridgehead atoms. The summed E-state index contributed by atoms with van der Waals surface area (Å²) in [6.45, 7) is 10.1. The Bertz CT molecular complexity index is 405. The molecule has 2 unspecified atom stereocenters. The summed E-state index contributed by atoms with van der Waals surface area (Å²) in [6, 6.07) is 0. The fourth-order valence-electron chi connectivity index (χ4n) is 3.21. The Morgan fingerprint density at radius 1 is 1.20 bits per heavy atom. The van der Waals surface area contributed by atoms with Gasteiger partial charge >= 0.3 is 0 Å². The Hall–Kier alpha value is -0.410. The maximum absolute atomic E-state index is 4.68. The lowest BCUT2D eigenvalue weighted by Crippen LogP contribution is -2.41. The number of aromatic nitrogens is 1. The molecule has 0 aliphatic heterocycles. The first-order valence-electron chi connectivity index (χ1n) is 8.10. The van der Waals surface area contributed by atoms with E-state index in [2.05, 4.69) is 43.4 Å². The van der Waals surface area contributed by atoms with Gasteiger partial charge in [0.05, 0.1) is 10.7 Å².